The van der Waals surface area contributed by atoms with Crippen LogP contribution in [-0.2, 0) is 14.3 Å². The number of hydrogen-bond donors (Lipinski definition) is 0. The van der Waals surface area contributed by atoms with Crippen molar-refractivity contribution < 1.29 is 14.3 Å². The van der Waals surface area contributed by atoms with Gasteiger partial charge in [0, 0.05) is 19.0 Å². The molecule has 1 saturated heterocycles. The summed E-state index contributed by atoms with van der Waals surface area (Å²) in [6, 6.07) is 0.270. The predicted octanol–water partition coefficient (Wildman–Crippen LogP) is 2.90. The molecule has 0 spiro atoms. The van der Waals surface area contributed by atoms with Crippen molar-refractivity contribution in [3.8, 4) is 0 Å². The van der Waals surface area contributed by atoms with Gasteiger partial charge >= 0.3 is 5.97 Å². The van der Waals surface area contributed by atoms with E-state index in [0.717, 1.165) is 32.2 Å². The van der Waals surface area contributed by atoms with Crippen LogP contribution >= 0.6 is 23.2 Å². The molecule has 0 radical (unpaired) electrons. The summed E-state index contributed by atoms with van der Waals surface area (Å²) in [5, 5.41) is 0. The van der Waals surface area contributed by atoms with Crippen LogP contribution in [0.4, 0.5) is 0 Å². The summed E-state index contributed by atoms with van der Waals surface area (Å²) in [6.45, 7) is 4.27. The van der Waals surface area contributed by atoms with E-state index < -0.39 is 15.7 Å². The fourth-order valence-electron chi connectivity index (χ4n) is 2.74. The number of likely N-dealkylation sites (tertiary alicyclic amines) is 1. The third kappa shape index (κ3) is 2.91. The Balaban J connectivity index is 1.85. The summed E-state index contributed by atoms with van der Waals surface area (Å²) in [5.74, 6) is -0.607. The molecule has 0 bridgehead atoms. The molecule has 2 unspecified atom stereocenters. The Hall–Kier alpha value is -0.480. The Kier molecular flexibility index (Phi) is 4.55. The fourth-order valence-corrected chi connectivity index (χ4v) is 3.43. The molecule has 114 valence electrons. The van der Waals surface area contributed by atoms with Gasteiger partial charge in [0.05, 0.1) is 0 Å². The molecule has 1 aliphatic carbocycles. The summed E-state index contributed by atoms with van der Waals surface area (Å²) in [6.07, 6.45) is 4.50. The summed E-state index contributed by atoms with van der Waals surface area (Å²) in [4.78, 5) is 25.9. The van der Waals surface area contributed by atoms with Gasteiger partial charge in [0.2, 0.25) is 0 Å². The van der Waals surface area contributed by atoms with E-state index >= 15 is 0 Å². The number of nitrogens with zero attached hydrogens (tertiary/aromatic N) is 1. The lowest BCUT2D eigenvalue weighted by Gasteiger charge is -2.35. The Morgan fingerprint density at radius 2 is 2.00 bits per heavy atom. The monoisotopic (exact) mass is 321 g/mol. The first-order valence-electron chi connectivity index (χ1n) is 7.16. The normalized spacial score (nSPS) is 31.8. The van der Waals surface area contributed by atoms with Crippen LogP contribution in [0.1, 0.15) is 46.0 Å². The van der Waals surface area contributed by atoms with Gasteiger partial charge in [-0.15, -0.1) is 23.2 Å². The molecule has 6 heteroatoms. The Morgan fingerprint density at radius 1 is 1.35 bits per heavy atom. The van der Waals surface area contributed by atoms with Gasteiger partial charge in [-0.3, -0.25) is 9.59 Å². The van der Waals surface area contributed by atoms with Crippen molar-refractivity contribution in [3.05, 3.63) is 0 Å². The number of carbonyl (C=O) groups excluding carboxylic acids is 2. The van der Waals surface area contributed by atoms with Gasteiger partial charge in [-0.1, -0.05) is 6.92 Å². The molecule has 0 aromatic carbocycles. The van der Waals surface area contributed by atoms with Crippen molar-refractivity contribution in [1.29, 1.82) is 0 Å². The number of alkyl halides is 2. The van der Waals surface area contributed by atoms with E-state index in [1.165, 1.54) is 0 Å². The summed E-state index contributed by atoms with van der Waals surface area (Å²) in [5.41, 5.74) is -0.873. The molecule has 2 fully saturated rings. The molecule has 4 nitrogen and oxygen atoms in total. The molecule has 0 N–H and O–H groups in total. The van der Waals surface area contributed by atoms with Gasteiger partial charge in [-0.2, -0.15) is 0 Å². The number of halogens is 2. The molecule has 2 atom stereocenters. The molecule has 20 heavy (non-hydrogen) atoms. The van der Waals surface area contributed by atoms with Gasteiger partial charge in [0.25, 0.3) is 5.91 Å². The van der Waals surface area contributed by atoms with Crippen molar-refractivity contribution in [3.63, 3.8) is 0 Å². The fraction of sp³-hybridized carbons (Fsp3) is 0.857. The average molecular weight is 322 g/mol. The van der Waals surface area contributed by atoms with Crippen molar-refractivity contribution in [2.24, 2.45) is 5.41 Å². The second kappa shape index (κ2) is 5.72. The third-order valence-electron chi connectivity index (χ3n) is 4.45. The van der Waals surface area contributed by atoms with Gasteiger partial charge in [0.15, 0.2) is 6.61 Å². The zero-order valence-electron chi connectivity index (χ0n) is 12.0. The predicted molar refractivity (Wildman–Crippen MR) is 77.8 cm³/mol. The first-order valence-corrected chi connectivity index (χ1v) is 7.92. The first-order chi connectivity index (χ1) is 9.32. The van der Waals surface area contributed by atoms with Crippen molar-refractivity contribution in [2.75, 3.05) is 13.2 Å². The summed E-state index contributed by atoms with van der Waals surface area (Å²) < 4.78 is 4.06. The lowest BCUT2D eigenvalue weighted by molar-refractivity contribution is -0.157. The minimum atomic E-state index is -1.05. The number of esters is 1. The largest absolute Gasteiger partial charge is 0.455 e. The zero-order chi connectivity index (χ0) is 15.0. The molecule has 1 heterocycles. The molecule has 1 amide bonds. The van der Waals surface area contributed by atoms with Crippen LogP contribution in [0.2, 0.25) is 0 Å². The van der Waals surface area contributed by atoms with Crippen LogP contribution in [0.15, 0.2) is 0 Å². The Morgan fingerprint density at radius 3 is 2.55 bits per heavy atom. The lowest BCUT2D eigenvalue weighted by atomic mass is 10.00. The molecule has 2 aliphatic rings. The maximum atomic E-state index is 12.2. The van der Waals surface area contributed by atoms with E-state index in [-0.39, 0.29) is 18.6 Å². The number of amides is 1. The molecule has 1 aliphatic heterocycles. The van der Waals surface area contributed by atoms with E-state index in [1.807, 2.05) is 4.90 Å². The van der Waals surface area contributed by atoms with Crippen molar-refractivity contribution in [2.45, 2.75) is 56.3 Å². The minimum absolute atomic E-state index is 0.121. The lowest BCUT2D eigenvalue weighted by Crippen LogP contribution is -2.45. The van der Waals surface area contributed by atoms with Crippen LogP contribution in [0.5, 0.6) is 0 Å². The molecular formula is C14H21Cl2NO3. The first kappa shape index (κ1) is 15.9. The van der Waals surface area contributed by atoms with E-state index in [4.69, 9.17) is 27.9 Å². The van der Waals surface area contributed by atoms with Gasteiger partial charge in [0.1, 0.15) is 9.75 Å². The summed E-state index contributed by atoms with van der Waals surface area (Å²) >= 11 is 11.8. The van der Waals surface area contributed by atoms with Crippen LogP contribution in [0.25, 0.3) is 0 Å². The van der Waals surface area contributed by atoms with Gasteiger partial charge in [-0.05, 0) is 32.6 Å². The van der Waals surface area contributed by atoms with Crippen LogP contribution in [-0.4, -0.2) is 40.3 Å². The number of piperidine rings is 1. The quantitative estimate of drug-likeness (QED) is 0.591. The average Bonchev–Trinajstić information content (AvgIpc) is 2.95. The molecule has 0 aromatic rings. The van der Waals surface area contributed by atoms with Gasteiger partial charge in [-0.25, -0.2) is 0 Å². The van der Waals surface area contributed by atoms with Gasteiger partial charge < -0.3 is 9.64 Å². The van der Waals surface area contributed by atoms with Crippen molar-refractivity contribution >= 4 is 35.1 Å². The van der Waals surface area contributed by atoms with E-state index in [1.54, 1.807) is 6.92 Å². The highest BCUT2D eigenvalue weighted by Crippen LogP contribution is 2.64. The topological polar surface area (TPSA) is 46.6 Å². The molecule has 2 rings (SSSR count). The second-order valence-corrected chi connectivity index (χ2v) is 7.42. The Labute approximate surface area is 129 Å². The highest BCUT2D eigenvalue weighted by Gasteiger charge is 2.69. The number of carbonyl (C=O) groups is 2. The van der Waals surface area contributed by atoms with Crippen LogP contribution in [0, 0.1) is 5.41 Å². The highest BCUT2D eigenvalue weighted by atomic mass is 35.5. The maximum Gasteiger partial charge on any atom is 0.315 e. The van der Waals surface area contributed by atoms with E-state index in [9.17, 15) is 9.59 Å². The van der Waals surface area contributed by atoms with Crippen molar-refractivity contribution in [1.82, 2.24) is 4.90 Å². The van der Waals surface area contributed by atoms with E-state index in [0.29, 0.717) is 6.42 Å². The standard InChI is InChI=1S/C14H21Cl2NO3/c1-3-10-6-4-5-7-17(10)11(18)8-20-12(19)13(2)9-14(13,15)16/h10H,3-9H2,1-2H3. The molecule has 1 saturated carbocycles. The van der Waals surface area contributed by atoms with E-state index in [2.05, 4.69) is 6.92 Å². The second-order valence-electron chi connectivity index (χ2n) is 5.93. The Bertz CT molecular complexity index is 413. The SMILES string of the molecule is CCC1CCCCN1C(=O)COC(=O)C1(C)CC1(Cl)Cl. The molecular weight excluding hydrogens is 301 g/mol. The molecule has 0 aromatic heterocycles. The number of ether oxygens (including phenoxy) is 1. The maximum absolute atomic E-state index is 12.2. The minimum Gasteiger partial charge on any atom is -0.455 e. The highest BCUT2D eigenvalue weighted by molar-refractivity contribution is 6.53. The summed E-state index contributed by atoms with van der Waals surface area (Å²) in [7, 11) is 0. The number of rotatable bonds is 4. The zero-order valence-corrected chi connectivity index (χ0v) is 13.5. The van der Waals surface area contributed by atoms with Crippen LogP contribution in [0.3, 0.4) is 0 Å². The number of hydrogen-bond acceptors (Lipinski definition) is 3. The third-order valence-corrected chi connectivity index (χ3v) is 5.56. The van der Waals surface area contributed by atoms with Crippen LogP contribution < -0.4 is 0 Å². The smallest absolute Gasteiger partial charge is 0.315 e.